The van der Waals surface area contributed by atoms with Crippen molar-refractivity contribution < 1.29 is 0 Å². The summed E-state index contributed by atoms with van der Waals surface area (Å²) in [5, 5.41) is 6.48. The molecule has 0 aliphatic rings. The first-order chi connectivity index (χ1) is 8.20. The Morgan fingerprint density at radius 1 is 1.53 bits per heavy atom. The summed E-state index contributed by atoms with van der Waals surface area (Å²) in [6.45, 7) is 2.16. The molecule has 0 aromatic carbocycles. The molecule has 1 unspecified atom stereocenters. The van der Waals surface area contributed by atoms with Gasteiger partial charge in [0.1, 0.15) is 10.6 Å². The molecule has 0 saturated carbocycles. The van der Waals surface area contributed by atoms with E-state index in [1.165, 1.54) is 0 Å². The van der Waals surface area contributed by atoms with Crippen LogP contribution >= 0.6 is 23.1 Å². The third-order valence-electron chi connectivity index (χ3n) is 2.48. The fourth-order valence-electron chi connectivity index (χ4n) is 1.58. The minimum Gasteiger partial charge on any atom is -0.368 e. The number of nitrogens with two attached hydrogens (primary N) is 1. The normalized spacial score (nSPS) is 12.8. The highest BCUT2D eigenvalue weighted by Crippen LogP contribution is 2.26. The van der Waals surface area contributed by atoms with Crippen LogP contribution in [0.3, 0.4) is 0 Å². The predicted molar refractivity (Wildman–Crippen MR) is 77.9 cm³/mol. The Kier molecular flexibility index (Phi) is 4.06. The zero-order valence-electron chi connectivity index (χ0n) is 9.93. The van der Waals surface area contributed by atoms with E-state index in [2.05, 4.69) is 28.5 Å². The summed E-state index contributed by atoms with van der Waals surface area (Å²) >= 11 is 3.44. The van der Waals surface area contributed by atoms with Crippen molar-refractivity contribution in [2.45, 2.75) is 19.4 Å². The topological polar surface area (TPSA) is 63.8 Å². The molecule has 2 heterocycles. The summed E-state index contributed by atoms with van der Waals surface area (Å²) in [5.74, 6) is 2.32. The Morgan fingerprint density at radius 2 is 2.35 bits per heavy atom. The summed E-state index contributed by atoms with van der Waals surface area (Å²) in [5.41, 5.74) is 5.70. The minimum absolute atomic E-state index is 0.333. The first kappa shape index (κ1) is 12.4. The van der Waals surface area contributed by atoms with Crippen LogP contribution in [0.5, 0.6) is 0 Å². The van der Waals surface area contributed by atoms with Gasteiger partial charge in [-0.3, -0.25) is 0 Å². The van der Waals surface area contributed by atoms with Crippen molar-refractivity contribution in [3.05, 3.63) is 11.4 Å². The maximum atomic E-state index is 5.70. The highest BCUT2D eigenvalue weighted by molar-refractivity contribution is 7.98. The van der Waals surface area contributed by atoms with Gasteiger partial charge >= 0.3 is 0 Å². The molecule has 6 heteroatoms. The van der Waals surface area contributed by atoms with Crippen molar-refractivity contribution >= 4 is 45.1 Å². The molecule has 17 heavy (non-hydrogen) atoms. The second-order valence-corrected chi connectivity index (χ2v) is 5.78. The molecule has 1 atom stereocenters. The number of nitrogens with one attached hydrogen (secondary N) is 1. The van der Waals surface area contributed by atoms with E-state index in [1.807, 2.05) is 23.2 Å². The van der Waals surface area contributed by atoms with Crippen LogP contribution in [-0.4, -0.2) is 28.0 Å². The van der Waals surface area contributed by atoms with Crippen LogP contribution in [0.15, 0.2) is 11.4 Å². The second-order valence-electron chi connectivity index (χ2n) is 3.90. The number of aromatic nitrogens is 2. The Morgan fingerprint density at radius 3 is 3.12 bits per heavy atom. The van der Waals surface area contributed by atoms with Gasteiger partial charge in [0.25, 0.3) is 0 Å². The van der Waals surface area contributed by atoms with E-state index in [4.69, 9.17) is 5.73 Å². The molecule has 2 aromatic heterocycles. The summed E-state index contributed by atoms with van der Waals surface area (Å²) in [7, 11) is 0. The van der Waals surface area contributed by atoms with Gasteiger partial charge in [0, 0.05) is 6.04 Å². The van der Waals surface area contributed by atoms with Crippen LogP contribution in [0.1, 0.15) is 13.3 Å². The minimum atomic E-state index is 0.333. The van der Waals surface area contributed by atoms with E-state index in [0.717, 1.165) is 28.2 Å². The zero-order chi connectivity index (χ0) is 12.3. The van der Waals surface area contributed by atoms with E-state index in [1.54, 1.807) is 11.3 Å². The molecule has 0 amide bonds. The van der Waals surface area contributed by atoms with Crippen LogP contribution in [0.25, 0.3) is 10.2 Å². The quantitative estimate of drug-likeness (QED) is 0.873. The van der Waals surface area contributed by atoms with Gasteiger partial charge in [-0.2, -0.15) is 16.7 Å². The molecule has 0 aliphatic heterocycles. The Balaban J connectivity index is 2.19. The van der Waals surface area contributed by atoms with Crippen LogP contribution in [-0.2, 0) is 0 Å². The summed E-state index contributed by atoms with van der Waals surface area (Å²) < 4.78 is 0. The van der Waals surface area contributed by atoms with Crippen LogP contribution in [0.4, 0.5) is 11.8 Å². The van der Waals surface area contributed by atoms with Gasteiger partial charge in [0.2, 0.25) is 5.95 Å². The number of anilines is 2. The van der Waals surface area contributed by atoms with Crippen LogP contribution < -0.4 is 11.1 Å². The van der Waals surface area contributed by atoms with E-state index >= 15 is 0 Å². The maximum absolute atomic E-state index is 5.70. The van der Waals surface area contributed by atoms with Crippen LogP contribution in [0.2, 0.25) is 0 Å². The largest absolute Gasteiger partial charge is 0.368 e. The second kappa shape index (κ2) is 5.55. The molecule has 0 radical (unpaired) electrons. The number of hydrogen-bond donors (Lipinski definition) is 2. The Bertz CT molecular complexity index is 497. The zero-order valence-corrected chi connectivity index (χ0v) is 11.6. The number of hydrogen-bond acceptors (Lipinski definition) is 6. The predicted octanol–water partition coefficient (Wildman–Crippen LogP) is 2.83. The molecule has 0 saturated heterocycles. The van der Waals surface area contributed by atoms with E-state index < -0.39 is 0 Å². The summed E-state index contributed by atoms with van der Waals surface area (Å²) in [6.07, 6.45) is 3.23. The van der Waals surface area contributed by atoms with Crippen LogP contribution in [0, 0.1) is 0 Å². The molecule has 0 fully saturated rings. The third-order valence-corrected chi connectivity index (χ3v) is 3.93. The average Bonchev–Trinajstić information content (AvgIpc) is 2.74. The number of thiophene rings is 1. The number of nitrogens with zero attached hydrogens (tertiary/aromatic N) is 2. The van der Waals surface area contributed by atoms with Gasteiger partial charge in [-0.25, -0.2) is 4.98 Å². The van der Waals surface area contributed by atoms with Gasteiger partial charge < -0.3 is 11.1 Å². The lowest BCUT2D eigenvalue weighted by Gasteiger charge is -2.14. The molecule has 0 spiro atoms. The van der Waals surface area contributed by atoms with Gasteiger partial charge in [0.15, 0.2) is 0 Å². The lowest BCUT2D eigenvalue weighted by atomic mass is 10.2. The summed E-state index contributed by atoms with van der Waals surface area (Å²) in [6, 6.07) is 2.42. The van der Waals surface area contributed by atoms with Gasteiger partial charge in [-0.05, 0) is 36.8 Å². The van der Waals surface area contributed by atoms with Crippen molar-refractivity contribution in [1.29, 1.82) is 0 Å². The highest BCUT2D eigenvalue weighted by Gasteiger charge is 2.09. The standard InChI is InChI=1S/C11H16N4S2/c1-7(3-5-16-2)13-9-8-4-6-17-10(8)15-11(12)14-9/h4,6-7H,3,5H2,1-2H3,(H3,12,13,14,15). The fraction of sp³-hybridized carbons (Fsp3) is 0.455. The lowest BCUT2D eigenvalue weighted by Crippen LogP contribution is -2.17. The monoisotopic (exact) mass is 268 g/mol. The first-order valence-corrected chi connectivity index (χ1v) is 7.74. The fourth-order valence-corrected chi connectivity index (χ4v) is 2.94. The smallest absolute Gasteiger partial charge is 0.223 e. The van der Waals surface area contributed by atoms with Gasteiger partial charge in [-0.15, -0.1) is 11.3 Å². The number of rotatable bonds is 5. The molecular weight excluding hydrogens is 252 g/mol. The van der Waals surface area contributed by atoms with E-state index in [0.29, 0.717) is 12.0 Å². The van der Waals surface area contributed by atoms with E-state index in [9.17, 15) is 0 Å². The number of thioether (sulfide) groups is 1. The molecule has 2 aromatic rings. The molecule has 2 rings (SSSR count). The summed E-state index contributed by atoms with van der Waals surface area (Å²) in [4.78, 5) is 9.43. The lowest BCUT2D eigenvalue weighted by molar-refractivity contribution is 0.768. The molecular formula is C11H16N4S2. The van der Waals surface area contributed by atoms with Crippen molar-refractivity contribution in [2.75, 3.05) is 23.1 Å². The highest BCUT2D eigenvalue weighted by atomic mass is 32.2. The maximum Gasteiger partial charge on any atom is 0.223 e. The molecule has 0 bridgehead atoms. The Hall–Kier alpha value is -1.01. The SMILES string of the molecule is CSCCC(C)Nc1nc(N)nc2sccc12. The van der Waals surface area contributed by atoms with Crippen molar-refractivity contribution in [3.63, 3.8) is 0 Å². The molecule has 4 nitrogen and oxygen atoms in total. The first-order valence-electron chi connectivity index (χ1n) is 5.47. The van der Waals surface area contributed by atoms with Crippen molar-refractivity contribution in [1.82, 2.24) is 9.97 Å². The van der Waals surface area contributed by atoms with Gasteiger partial charge in [0.05, 0.1) is 5.39 Å². The Labute approximate surface area is 109 Å². The molecule has 0 aliphatic carbocycles. The van der Waals surface area contributed by atoms with E-state index in [-0.39, 0.29) is 0 Å². The van der Waals surface area contributed by atoms with Crippen molar-refractivity contribution in [2.24, 2.45) is 0 Å². The molecule has 3 N–H and O–H groups in total. The number of fused-ring (bicyclic) bond motifs is 1. The molecule has 92 valence electrons. The average molecular weight is 268 g/mol. The van der Waals surface area contributed by atoms with Crippen molar-refractivity contribution in [3.8, 4) is 0 Å². The van der Waals surface area contributed by atoms with Gasteiger partial charge in [-0.1, -0.05) is 0 Å². The number of nitrogen functional groups attached to an aromatic ring is 1. The third kappa shape index (κ3) is 3.01.